The standard InChI is InChI=1S/C33H36F2N2O6/c1-33(2,3)43-30(40)18-19-36-29(39)20-42-26-14-6-22(7-15-26)31-27(16-17-28(38)21-4-8-23(34)9-5-21)32(41)37(31)25-12-10-24(35)11-13-25/h4-15,27-28,31,38H,16-20H2,1-3H3,(H,36,39)/t27?,28-,31?/m0/s1. The Balaban J connectivity index is 1.37. The third kappa shape index (κ3) is 8.61. The van der Waals surface area contributed by atoms with Gasteiger partial charge in [-0.25, -0.2) is 8.78 Å². The number of β-lactam (4-membered cyclic amide) rings is 1. The summed E-state index contributed by atoms with van der Waals surface area (Å²) in [6.45, 7) is 5.19. The summed E-state index contributed by atoms with van der Waals surface area (Å²) < 4.78 is 37.7. The lowest BCUT2D eigenvalue weighted by atomic mass is 9.78. The van der Waals surface area contributed by atoms with E-state index in [1.165, 1.54) is 36.4 Å². The van der Waals surface area contributed by atoms with Gasteiger partial charge in [-0.2, -0.15) is 0 Å². The summed E-state index contributed by atoms with van der Waals surface area (Å²) in [5, 5.41) is 13.3. The van der Waals surface area contributed by atoms with Crippen LogP contribution in [0.5, 0.6) is 5.75 Å². The SMILES string of the molecule is CC(C)(C)OC(=O)CCNC(=O)COc1ccc(C2C(CC[C@H](O)c3ccc(F)cc3)C(=O)N2c2ccc(F)cc2)cc1. The molecule has 8 nitrogen and oxygen atoms in total. The van der Waals surface area contributed by atoms with Crippen molar-refractivity contribution in [3.63, 3.8) is 0 Å². The number of anilines is 1. The van der Waals surface area contributed by atoms with Crippen molar-refractivity contribution in [2.75, 3.05) is 18.1 Å². The average molecular weight is 595 g/mol. The van der Waals surface area contributed by atoms with E-state index in [1.807, 2.05) is 0 Å². The highest BCUT2D eigenvalue weighted by Crippen LogP contribution is 2.46. The van der Waals surface area contributed by atoms with Crippen LogP contribution in [0.4, 0.5) is 14.5 Å². The fourth-order valence-electron chi connectivity index (χ4n) is 4.95. The Bertz CT molecular complexity index is 1410. The van der Waals surface area contributed by atoms with E-state index in [0.29, 0.717) is 29.8 Å². The Morgan fingerprint density at radius 2 is 1.56 bits per heavy atom. The second-order valence-electron chi connectivity index (χ2n) is 11.4. The summed E-state index contributed by atoms with van der Waals surface area (Å²) in [4.78, 5) is 38.8. The van der Waals surface area contributed by atoms with Crippen LogP contribution < -0.4 is 15.0 Å². The Labute approximate surface area is 249 Å². The highest BCUT2D eigenvalue weighted by molar-refractivity contribution is 6.03. The molecule has 3 aromatic rings. The molecular formula is C33H36F2N2O6. The normalized spacial score (nSPS) is 17.2. The fourth-order valence-corrected chi connectivity index (χ4v) is 4.95. The molecule has 2 N–H and O–H groups in total. The summed E-state index contributed by atoms with van der Waals surface area (Å²) in [5.74, 6) is -1.76. The maximum atomic E-state index is 13.6. The number of carbonyl (C=O) groups excluding carboxylic acids is 3. The third-order valence-electron chi connectivity index (χ3n) is 6.99. The molecule has 10 heteroatoms. The first-order chi connectivity index (χ1) is 20.4. The Hall–Kier alpha value is -4.31. The molecule has 4 rings (SSSR count). The van der Waals surface area contributed by atoms with Crippen molar-refractivity contribution in [2.24, 2.45) is 5.92 Å². The summed E-state index contributed by atoms with van der Waals surface area (Å²) in [6, 6.07) is 17.9. The molecule has 3 aromatic carbocycles. The molecule has 0 aliphatic carbocycles. The van der Waals surface area contributed by atoms with Crippen molar-refractivity contribution in [3.05, 3.63) is 95.6 Å². The van der Waals surface area contributed by atoms with Gasteiger partial charge in [-0.05, 0) is 93.3 Å². The van der Waals surface area contributed by atoms with Gasteiger partial charge in [-0.3, -0.25) is 14.4 Å². The zero-order valence-corrected chi connectivity index (χ0v) is 24.4. The zero-order chi connectivity index (χ0) is 31.1. The average Bonchev–Trinajstić information content (AvgIpc) is 2.95. The summed E-state index contributed by atoms with van der Waals surface area (Å²) in [6.07, 6.45) is -0.147. The molecule has 0 saturated carbocycles. The van der Waals surface area contributed by atoms with Gasteiger partial charge in [0.2, 0.25) is 5.91 Å². The van der Waals surface area contributed by atoms with Gasteiger partial charge in [0, 0.05) is 12.2 Å². The van der Waals surface area contributed by atoms with Gasteiger partial charge >= 0.3 is 5.97 Å². The molecule has 0 bridgehead atoms. The van der Waals surface area contributed by atoms with Crippen LogP contribution in [0.3, 0.4) is 0 Å². The number of carbonyl (C=O) groups is 3. The molecule has 228 valence electrons. The number of amides is 2. The lowest BCUT2D eigenvalue weighted by molar-refractivity contribution is -0.154. The number of benzene rings is 3. The lowest BCUT2D eigenvalue weighted by Gasteiger charge is -2.48. The van der Waals surface area contributed by atoms with Gasteiger partial charge in [-0.1, -0.05) is 24.3 Å². The van der Waals surface area contributed by atoms with Crippen LogP contribution in [-0.2, 0) is 19.1 Å². The quantitative estimate of drug-likeness (QED) is 0.215. The minimum Gasteiger partial charge on any atom is -0.484 e. The van der Waals surface area contributed by atoms with Crippen molar-refractivity contribution in [1.82, 2.24) is 5.32 Å². The molecule has 0 spiro atoms. The van der Waals surface area contributed by atoms with Gasteiger partial charge in [0.15, 0.2) is 6.61 Å². The zero-order valence-electron chi connectivity index (χ0n) is 24.4. The Morgan fingerprint density at radius 1 is 0.953 bits per heavy atom. The second-order valence-corrected chi connectivity index (χ2v) is 11.4. The van der Waals surface area contributed by atoms with Crippen molar-refractivity contribution in [2.45, 2.75) is 57.8 Å². The Kier molecular flexibility index (Phi) is 10.1. The van der Waals surface area contributed by atoms with Crippen molar-refractivity contribution in [1.29, 1.82) is 0 Å². The van der Waals surface area contributed by atoms with Crippen LogP contribution in [0.2, 0.25) is 0 Å². The third-order valence-corrected chi connectivity index (χ3v) is 6.99. The molecule has 1 saturated heterocycles. The van der Waals surface area contributed by atoms with E-state index in [9.17, 15) is 28.3 Å². The smallest absolute Gasteiger partial charge is 0.308 e. The van der Waals surface area contributed by atoms with E-state index in [2.05, 4.69) is 5.32 Å². The van der Waals surface area contributed by atoms with E-state index in [0.717, 1.165) is 5.56 Å². The first kappa shape index (κ1) is 31.6. The van der Waals surface area contributed by atoms with Gasteiger partial charge < -0.3 is 24.8 Å². The van der Waals surface area contributed by atoms with Crippen LogP contribution >= 0.6 is 0 Å². The summed E-state index contributed by atoms with van der Waals surface area (Å²) in [5.41, 5.74) is 1.33. The molecule has 0 radical (unpaired) electrons. The van der Waals surface area contributed by atoms with E-state index < -0.39 is 35.2 Å². The monoisotopic (exact) mass is 594 g/mol. The number of hydrogen-bond donors (Lipinski definition) is 2. The maximum absolute atomic E-state index is 13.6. The molecule has 1 aliphatic heterocycles. The summed E-state index contributed by atoms with van der Waals surface area (Å²) >= 11 is 0. The lowest BCUT2D eigenvalue weighted by Crippen LogP contribution is -2.55. The van der Waals surface area contributed by atoms with Gasteiger partial charge in [0.25, 0.3) is 5.91 Å². The van der Waals surface area contributed by atoms with Gasteiger partial charge in [-0.15, -0.1) is 0 Å². The minimum atomic E-state index is -0.861. The van der Waals surface area contributed by atoms with Gasteiger partial charge in [0.05, 0.1) is 24.5 Å². The highest BCUT2D eigenvalue weighted by atomic mass is 19.1. The number of hydrogen-bond acceptors (Lipinski definition) is 6. The fraction of sp³-hybridized carbons (Fsp3) is 0.364. The first-order valence-corrected chi connectivity index (χ1v) is 14.1. The Morgan fingerprint density at radius 3 is 2.16 bits per heavy atom. The number of esters is 1. The van der Waals surface area contributed by atoms with Crippen molar-refractivity contribution < 1.29 is 37.7 Å². The van der Waals surface area contributed by atoms with Crippen molar-refractivity contribution >= 4 is 23.5 Å². The number of aliphatic hydroxyl groups is 1. The number of nitrogens with one attached hydrogen (secondary N) is 1. The van der Waals surface area contributed by atoms with Crippen LogP contribution in [0.25, 0.3) is 0 Å². The second kappa shape index (κ2) is 13.8. The molecule has 2 amide bonds. The van der Waals surface area contributed by atoms with E-state index in [4.69, 9.17) is 9.47 Å². The number of ether oxygens (including phenoxy) is 2. The van der Waals surface area contributed by atoms with E-state index in [-0.39, 0.29) is 37.4 Å². The molecule has 0 aromatic heterocycles. The molecule has 1 aliphatic rings. The predicted molar refractivity (Wildman–Crippen MR) is 156 cm³/mol. The number of aliphatic hydroxyl groups excluding tert-OH is 1. The molecular weight excluding hydrogens is 558 g/mol. The minimum absolute atomic E-state index is 0.0461. The van der Waals surface area contributed by atoms with Crippen LogP contribution in [0.1, 0.15) is 63.3 Å². The van der Waals surface area contributed by atoms with Crippen molar-refractivity contribution in [3.8, 4) is 5.75 Å². The topological polar surface area (TPSA) is 105 Å². The van der Waals surface area contributed by atoms with E-state index in [1.54, 1.807) is 62.1 Å². The summed E-state index contributed by atoms with van der Waals surface area (Å²) in [7, 11) is 0. The number of nitrogens with zero attached hydrogens (tertiary/aromatic N) is 1. The largest absolute Gasteiger partial charge is 0.484 e. The molecule has 1 fully saturated rings. The molecule has 2 unspecified atom stereocenters. The molecule has 3 atom stereocenters. The molecule has 43 heavy (non-hydrogen) atoms. The molecule has 1 heterocycles. The van der Waals surface area contributed by atoms with Crippen LogP contribution in [-0.4, -0.2) is 41.6 Å². The number of halogens is 2. The van der Waals surface area contributed by atoms with E-state index >= 15 is 0 Å². The van der Waals surface area contributed by atoms with Gasteiger partial charge in [0.1, 0.15) is 23.0 Å². The first-order valence-electron chi connectivity index (χ1n) is 14.1. The predicted octanol–water partition coefficient (Wildman–Crippen LogP) is 5.41. The number of rotatable bonds is 12. The van der Waals surface area contributed by atoms with Crippen LogP contribution in [0.15, 0.2) is 72.8 Å². The highest BCUT2D eigenvalue weighted by Gasteiger charge is 2.48. The maximum Gasteiger partial charge on any atom is 0.308 e. The van der Waals surface area contributed by atoms with Crippen LogP contribution in [0, 0.1) is 17.6 Å².